The highest BCUT2D eigenvalue weighted by molar-refractivity contribution is 7.92. The first kappa shape index (κ1) is 21.3. The maximum absolute atomic E-state index is 12.2. The van der Waals surface area contributed by atoms with Crippen molar-refractivity contribution in [2.24, 2.45) is 0 Å². The van der Waals surface area contributed by atoms with Gasteiger partial charge in [0.25, 0.3) is 0 Å². The lowest BCUT2D eigenvalue weighted by Gasteiger charge is -2.24. The van der Waals surface area contributed by atoms with Crippen LogP contribution in [0.3, 0.4) is 0 Å². The van der Waals surface area contributed by atoms with Crippen molar-refractivity contribution in [1.82, 2.24) is 0 Å². The van der Waals surface area contributed by atoms with E-state index in [0.717, 1.165) is 16.7 Å². The summed E-state index contributed by atoms with van der Waals surface area (Å²) in [6.45, 7) is 5.97. The van der Waals surface area contributed by atoms with Gasteiger partial charge in [0, 0.05) is 23.7 Å². The number of hydrogen-bond acceptors (Lipinski definition) is 3. The molecule has 0 aliphatic heterocycles. The number of anilines is 2. The van der Waals surface area contributed by atoms with Crippen LogP contribution in [0.1, 0.15) is 29.5 Å². The molecule has 0 spiro atoms. The third-order valence-corrected chi connectivity index (χ3v) is 6.05. The van der Waals surface area contributed by atoms with Crippen molar-refractivity contribution in [3.05, 3.63) is 58.1 Å². The Hall–Kier alpha value is -2.05. The molecule has 0 radical (unpaired) electrons. The zero-order chi connectivity index (χ0) is 20.2. The first-order valence-corrected chi connectivity index (χ1v) is 10.9. The molecule has 146 valence electrons. The van der Waals surface area contributed by atoms with Crippen LogP contribution in [0.25, 0.3) is 0 Å². The van der Waals surface area contributed by atoms with Gasteiger partial charge in [-0.15, -0.1) is 0 Å². The van der Waals surface area contributed by atoms with Crippen LogP contribution >= 0.6 is 11.6 Å². The quantitative estimate of drug-likeness (QED) is 0.735. The molecule has 27 heavy (non-hydrogen) atoms. The second-order valence-electron chi connectivity index (χ2n) is 6.67. The molecule has 0 unspecified atom stereocenters. The van der Waals surface area contributed by atoms with Crippen molar-refractivity contribution in [3.8, 4) is 0 Å². The normalized spacial score (nSPS) is 11.3. The standard InChI is InChI=1S/C20H25ClN2O3S/c1-14-7-5-8-19(16(14)3)23(27(4,25)26)12-6-9-20(24)22-17-11-10-15(2)18(21)13-17/h5,7-8,10-11,13H,6,9,12H2,1-4H3,(H,22,24). The molecule has 2 rings (SSSR count). The Morgan fingerprint density at radius 1 is 1.11 bits per heavy atom. The molecule has 2 aromatic carbocycles. The molecule has 0 aliphatic carbocycles. The molecule has 0 saturated carbocycles. The van der Waals surface area contributed by atoms with Crippen molar-refractivity contribution in [2.45, 2.75) is 33.6 Å². The second kappa shape index (κ2) is 8.76. The average Bonchev–Trinajstić information content (AvgIpc) is 2.57. The molecule has 5 nitrogen and oxygen atoms in total. The van der Waals surface area contributed by atoms with Gasteiger partial charge in [0.15, 0.2) is 0 Å². The van der Waals surface area contributed by atoms with E-state index in [4.69, 9.17) is 11.6 Å². The summed E-state index contributed by atoms with van der Waals surface area (Å²) in [4.78, 5) is 12.2. The first-order valence-electron chi connectivity index (χ1n) is 8.69. The van der Waals surface area contributed by atoms with Crippen molar-refractivity contribution >= 4 is 38.9 Å². The van der Waals surface area contributed by atoms with Crippen LogP contribution < -0.4 is 9.62 Å². The lowest BCUT2D eigenvalue weighted by Crippen LogP contribution is -2.32. The van der Waals surface area contributed by atoms with Gasteiger partial charge in [0.1, 0.15) is 0 Å². The molecule has 0 aliphatic rings. The lowest BCUT2D eigenvalue weighted by molar-refractivity contribution is -0.116. The van der Waals surface area contributed by atoms with Crippen LogP contribution in [-0.4, -0.2) is 27.1 Å². The van der Waals surface area contributed by atoms with E-state index in [2.05, 4.69) is 5.32 Å². The van der Waals surface area contributed by atoms with Gasteiger partial charge in [-0.05, 0) is 62.1 Å². The minimum absolute atomic E-state index is 0.177. The van der Waals surface area contributed by atoms with Crippen LogP contribution in [-0.2, 0) is 14.8 Å². The van der Waals surface area contributed by atoms with Crippen LogP contribution in [0.4, 0.5) is 11.4 Å². The van der Waals surface area contributed by atoms with E-state index in [-0.39, 0.29) is 18.9 Å². The molecule has 7 heteroatoms. The van der Waals surface area contributed by atoms with Crippen LogP contribution in [0.15, 0.2) is 36.4 Å². The number of carbonyl (C=O) groups is 1. The first-order chi connectivity index (χ1) is 12.6. The number of hydrogen-bond donors (Lipinski definition) is 1. The fourth-order valence-corrected chi connectivity index (χ4v) is 3.94. The third kappa shape index (κ3) is 5.71. The van der Waals surface area contributed by atoms with Crippen molar-refractivity contribution < 1.29 is 13.2 Å². The number of aryl methyl sites for hydroxylation is 2. The van der Waals surface area contributed by atoms with Gasteiger partial charge < -0.3 is 5.32 Å². The highest BCUT2D eigenvalue weighted by atomic mass is 35.5. The zero-order valence-corrected chi connectivity index (χ0v) is 17.6. The Bertz CT molecular complexity index is 942. The molecular formula is C20H25ClN2O3S. The molecular weight excluding hydrogens is 384 g/mol. The molecule has 2 aromatic rings. The van der Waals surface area contributed by atoms with E-state index in [1.165, 1.54) is 10.6 Å². The molecule has 0 atom stereocenters. The zero-order valence-electron chi connectivity index (χ0n) is 16.0. The Labute approximate surface area is 166 Å². The summed E-state index contributed by atoms with van der Waals surface area (Å²) < 4.78 is 25.9. The minimum atomic E-state index is -3.44. The van der Waals surface area contributed by atoms with Gasteiger partial charge in [-0.25, -0.2) is 8.42 Å². The Morgan fingerprint density at radius 2 is 1.81 bits per heavy atom. The second-order valence-corrected chi connectivity index (χ2v) is 8.98. The largest absolute Gasteiger partial charge is 0.326 e. The Balaban J connectivity index is 2.02. The SMILES string of the molecule is Cc1ccc(NC(=O)CCCN(c2cccc(C)c2C)S(C)(=O)=O)cc1Cl. The highest BCUT2D eigenvalue weighted by Crippen LogP contribution is 2.25. The fraction of sp³-hybridized carbons (Fsp3) is 0.350. The predicted molar refractivity (Wildman–Crippen MR) is 112 cm³/mol. The number of sulfonamides is 1. The number of carbonyl (C=O) groups excluding carboxylic acids is 1. The van der Waals surface area contributed by atoms with Gasteiger partial charge in [-0.1, -0.05) is 29.8 Å². The molecule has 1 amide bonds. The summed E-state index contributed by atoms with van der Waals surface area (Å²) in [6.07, 6.45) is 1.80. The number of nitrogens with one attached hydrogen (secondary N) is 1. The molecule has 0 fully saturated rings. The van der Waals surface area contributed by atoms with Crippen LogP contribution in [0.5, 0.6) is 0 Å². The van der Waals surface area contributed by atoms with Crippen LogP contribution in [0.2, 0.25) is 5.02 Å². The van der Waals surface area contributed by atoms with E-state index in [1.54, 1.807) is 18.2 Å². The molecule has 1 N–H and O–H groups in total. The number of halogens is 1. The smallest absolute Gasteiger partial charge is 0.232 e. The molecule has 0 bridgehead atoms. The summed E-state index contributed by atoms with van der Waals surface area (Å²) >= 11 is 6.06. The van der Waals surface area contributed by atoms with E-state index in [0.29, 0.717) is 22.8 Å². The highest BCUT2D eigenvalue weighted by Gasteiger charge is 2.19. The Kier molecular flexibility index (Phi) is 6.89. The van der Waals surface area contributed by atoms with Gasteiger partial charge in [-0.2, -0.15) is 0 Å². The summed E-state index contributed by atoms with van der Waals surface area (Å²) in [6, 6.07) is 10.9. The molecule has 0 heterocycles. The van der Waals surface area contributed by atoms with E-state index >= 15 is 0 Å². The number of rotatable bonds is 7. The molecule has 0 saturated heterocycles. The van der Waals surface area contributed by atoms with E-state index in [1.807, 2.05) is 39.0 Å². The van der Waals surface area contributed by atoms with Crippen molar-refractivity contribution in [1.29, 1.82) is 0 Å². The number of amides is 1. The van der Waals surface area contributed by atoms with Crippen LogP contribution in [0, 0.1) is 20.8 Å². The fourth-order valence-electron chi connectivity index (χ4n) is 2.75. The summed E-state index contributed by atoms with van der Waals surface area (Å²) in [7, 11) is -3.44. The van der Waals surface area contributed by atoms with Gasteiger partial charge in [-0.3, -0.25) is 9.10 Å². The third-order valence-electron chi connectivity index (χ3n) is 4.47. The Morgan fingerprint density at radius 3 is 2.44 bits per heavy atom. The van der Waals surface area contributed by atoms with Gasteiger partial charge in [0.2, 0.25) is 15.9 Å². The minimum Gasteiger partial charge on any atom is -0.326 e. The van der Waals surface area contributed by atoms with Crippen molar-refractivity contribution in [3.63, 3.8) is 0 Å². The van der Waals surface area contributed by atoms with Crippen molar-refractivity contribution in [2.75, 3.05) is 22.4 Å². The topological polar surface area (TPSA) is 66.5 Å². The van der Waals surface area contributed by atoms with E-state index in [9.17, 15) is 13.2 Å². The lowest BCUT2D eigenvalue weighted by atomic mass is 10.1. The van der Waals surface area contributed by atoms with E-state index < -0.39 is 10.0 Å². The summed E-state index contributed by atoms with van der Waals surface area (Å²) in [5.74, 6) is -0.177. The summed E-state index contributed by atoms with van der Waals surface area (Å²) in [5.41, 5.74) is 4.16. The predicted octanol–water partition coefficient (Wildman–Crippen LogP) is 4.45. The number of nitrogens with zero attached hydrogens (tertiary/aromatic N) is 1. The maximum atomic E-state index is 12.2. The maximum Gasteiger partial charge on any atom is 0.232 e. The van der Waals surface area contributed by atoms with Gasteiger partial charge >= 0.3 is 0 Å². The average molecular weight is 409 g/mol. The monoisotopic (exact) mass is 408 g/mol. The van der Waals surface area contributed by atoms with Gasteiger partial charge in [0.05, 0.1) is 11.9 Å². The molecule has 0 aromatic heterocycles. The summed E-state index contributed by atoms with van der Waals surface area (Å²) in [5, 5.41) is 3.38. The number of benzene rings is 2.